The van der Waals surface area contributed by atoms with E-state index in [1.54, 1.807) is 21.0 Å². The van der Waals surface area contributed by atoms with Crippen molar-refractivity contribution in [2.75, 3.05) is 7.11 Å². The van der Waals surface area contributed by atoms with Crippen LogP contribution < -0.4 is 0 Å². The van der Waals surface area contributed by atoms with Gasteiger partial charge < -0.3 is 24.8 Å². The van der Waals surface area contributed by atoms with Gasteiger partial charge in [0.25, 0.3) is 0 Å². The Balaban J connectivity index is 1.41. The Hall–Kier alpha value is -0.690. The van der Waals surface area contributed by atoms with Crippen LogP contribution in [0.5, 0.6) is 0 Å². The van der Waals surface area contributed by atoms with Crippen molar-refractivity contribution in [2.45, 2.75) is 143 Å². The van der Waals surface area contributed by atoms with Crippen LogP contribution in [0.15, 0.2) is 0 Å². The second-order valence-electron chi connectivity index (χ2n) is 16.3. The number of fused-ring (bicyclic) bond motifs is 2. The third kappa shape index (κ3) is 3.89. The highest BCUT2D eigenvalue weighted by molar-refractivity contribution is 5.66. The van der Waals surface area contributed by atoms with E-state index in [1.165, 1.54) is 19.8 Å². The molecule has 5 aliphatic carbocycles. The summed E-state index contributed by atoms with van der Waals surface area (Å²) in [6, 6.07) is 0. The Morgan fingerprint density at radius 3 is 2.18 bits per heavy atom. The minimum Gasteiger partial charge on any atom is -0.457 e. The fourth-order valence-electron chi connectivity index (χ4n) is 12.0. The topological polar surface area (TPSA) is 96.2 Å². The molecule has 6 heteroatoms. The summed E-state index contributed by atoms with van der Waals surface area (Å²) in [5.41, 5.74) is -0.737. The molecule has 5 saturated carbocycles. The zero-order chi connectivity index (χ0) is 29.0. The van der Waals surface area contributed by atoms with Gasteiger partial charge in [0.1, 0.15) is 0 Å². The number of aliphatic hydroxyl groups is 3. The first-order chi connectivity index (χ1) is 17.9. The smallest absolute Gasteiger partial charge is 0.303 e. The first-order valence-corrected chi connectivity index (χ1v) is 15.7. The van der Waals surface area contributed by atoms with Crippen LogP contribution in [0.25, 0.3) is 0 Å². The summed E-state index contributed by atoms with van der Waals surface area (Å²) in [7, 11) is 1.63. The minimum atomic E-state index is -1.23. The van der Waals surface area contributed by atoms with Crippen molar-refractivity contribution in [3.63, 3.8) is 0 Å². The summed E-state index contributed by atoms with van der Waals surface area (Å²) >= 11 is 0. The lowest BCUT2D eigenvalue weighted by Crippen LogP contribution is -2.59. The normalized spacial score (nSPS) is 48.6. The molecule has 2 spiro atoms. The highest BCUT2D eigenvalue weighted by atomic mass is 16.6. The monoisotopic (exact) mass is 548 g/mol. The molecular weight excluding hydrogens is 492 g/mol. The summed E-state index contributed by atoms with van der Waals surface area (Å²) in [5, 5.41) is 33.7. The zero-order valence-corrected chi connectivity index (χ0v) is 26.0. The Morgan fingerprint density at radius 2 is 1.59 bits per heavy atom. The van der Waals surface area contributed by atoms with Gasteiger partial charge in [-0.3, -0.25) is 4.79 Å². The molecule has 3 N–H and O–H groups in total. The molecule has 7 unspecified atom stereocenters. The molecule has 0 amide bonds. The largest absolute Gasteiger partial charge is 0.457 e. The maximum atomic E-state index is 11.9. The van der Waals surface area contributed by atoms with E-state index in [0.717, 1.165) is 38.5 Å². The van der Waals surface area contributed by atoms with Crippen LogP contribution in [0.4, 0.5) is 0 Å². The van der Waals surface area contributed by atoms with Gasteiger partial charge in [-0.25, -0.2) is 0 Å². The third-order valence-electron chi connectivity index (χ3n) is 14.1. The first-order valence-electron chi connectivity index (χ1n) is 15.7. The number of carbonyl (C=O) groups is 1. The van der Waals surface area contributed by atoms with E-state index >= 15 is 0 Å². The van der Waals surface area contributed by atoms with Crippen LogP contribution in [-0.4, -0.2) is 58.4 Å². The second kappa shape index (κ2) is 9.15. The van der Waals surface area contributed by atoms with Crippen LogP contribution in [-0.2, 0) is 14.3 Å². The van der Waals surface area contributed by atoms with Gasteiger partial charge in [-0.2, -0.15) is 0 Å². The zero-order valence-electron chi connectivity index (χ0n) is 26.0. The lowest BCUT2D eigenvalue weighted by atomic mass is 9.41. The fourth-order valence-corrected chi connectivity index (χ4v) is 12.0. The molecule has 0 radical (unpaired) electrons. The van der Waals surface area contributed by atoms with E-state index in [-0.39, 0.29) is 34.4 Å². The van der Waals surface area contributed by atoms with Gasteiger partial charge in [-0.1, -0.05) is 34.6 Å². The van der Waals surface area contributed by atoms with Gasteiger partial charge in [0.15, 0.2) is 6.10 Å². The van der Waals surface area contributed by atoms with Gasteiger partial charge >= 0.3 is 5.97 Å². The van der Waals surface area contributed by atoms with Gasteiger partial charge in [0.05, 0.1) is 23.9 Å². The number of ether oxygens (including phenoxy) is 2. The third-order valence-corrected chi connectivity index (χ3v) is 14.1. The summed E-state index contributed by atoms with van der Waals surface area (Å²) in [4.78, 5) is 11.9. The van der Waals surface area contributed by atoms with E-state index in [9.17, 15) is 20.1 Å². The van der Waals surface area contributed by atoms with Crippen molar-refractivity contribution < 1.29 is 29.6 Å². The summed E-state index contributed by atoms with van der Waals surface area (Å²) < 4.78 is 11.5. The molecule has 0 aromatic rings. The SMILES string of the molecule is COC(C[C@@H](C)[C@H]1C[C@H](O)[C@@]2(C)C3CC[C@H]4C(C)(C)C(O)CCC45CC35CCC12C)C(OC(C)=O)C(C)(C)O. The molecule has 12 atom stereocenters. The maximum Gasteiger partial charge on any atom is 0.303 e. The highest BCUT2D eigenvalue weighted by Gasteiger charge is 2.83. The Morgan fingerprint density at radius 1 is 0.974 bits per heavy atom. The fraction of sp³-hybridized carbons (Fsp3) is 0.970. The predicted molar refractivity (Wildman–Crippen MR) is 151 cm³/mol. The number of rotatable bonds is 7. The minimum absolute atomic E-state index is 0.00597. The average molecular weight is 549 g/mol. The Kier molecular flexibility index (Phi) is 6.99. The number of carbonyl (C=O) groups excluding carboxylic acids is 1. The van der Waals surface area contributed by atoms with Crippen molar-refractivity contribution in [2.24, 2.45) is 50.7 Å². The number of aliphatic hydroxyl groups excluding tert-OH is 2. The maximum absolute atomic E-state index is 11.9. The molecule has 0 aromatic heterocycles. The molecular formula is C33H56O6. The molecule has 6 nitrogen and oxygen atoms in total. The van der Waals surface area contributed by atoms with Gasteiger partial charge in [0.2, 0.25) is 0 Å². The number of methoxy groups -OCH3 is 1. The van der Waals surface area contributed by atoms with Crippen molar-refractivity contribution >= 4 is 5.97 Å². The van der Waals surface area contributed by atoms with Crippen LogP contribution >= 0.6 is 0 Å². The molecule has 0 heterocycles. The molecule has 0 aromatic carbocycles. The molecule has 5 fully saturated rings. The first kappa shape index (κ1) is 29.8. The van der Waals surface area contributed by atoms with Crippen LogP contribution in [0.1, 0.15) is 113 Å². The number of hydrogen-bond acceptors (Lipinski definition) is 6. The van der Waals surface area contributed by atoms with Crippen molar-refractivity contribution in [3.8, 4) is 0 Å². The van der Waals surface area contributed by atoms with Gasteiger partial charge in [-0.05, 0) is 117 Å². The standard InChI is InChI=1S/C33H56O6/c1-19(16-22(38-9)27(29(5,6)37)39-20(2)34)21-17-26(36)31(8)24-11-10-23-28(3,4)25(35)12-13-32(23)18-33(24,32)15-14-30(21,31)7/h19,21-27,35-37H,10-18H2,1-9H3/t19-,21-,22?,23+,24?,25?,26+,27?,30?,31-,32?,33?/m1/s1. The van der Waals surface area contributed by atoms with Gasteiger partial charge in [-0.15, -0.1) is 0 Å². The summed E-state index contributed by atoms with van der Waals surface area (Å²) in [6.07, 6.45) is 7.74. The molecule has 0 saturated heterocycles. The van der Waals surface area contributed by atoms with E-state index in [4.69, 9.17) is 9.47 Å². The van der Waals surface area contributed by atoms with E-state index in [2.05, 4.69) is 34.6 Å². The Bertz CT molecular complexity index is 972. The van der Waals surface area contributed by atoms with Crippen molar-refractivity contribution in [1.29, 1.82) is 0 Å². The number of hydrogen-bond donors (Lipinski definition) is 3. The van der Waals surface area contributed by atoms with E-state index in [0.29, 0.717) is 35.0 Å². The van der Waals surface area contributed by atoms with Crippen LogP contribution in [0, 0.1) is 50.7 Å². The highest BCUT2D eigenvalue weighted by Crippen LogP contribution is 2.89. The van der Waals surface area contributed by atoms with Crippen molar-refractivity contribution in [3.05, 3.63) is 0 Å². The molecule has 224 valence electrons. The van der Waals surface area contributed by atoms with E-state index in [1.807, 2.05) is 0 Å². The summed E-state index contributed by atoms with van der Waals surface area (Å²) in [5.74, 6) is 1.23. The molecule has 0 aliphatic heterocycles. The lowest BCUT2D eigenvalue weighted by molar-refractivity contribution is -0.186. The van der Waals surface area contributed by atoms with Gasteiger partial charge in [0, 0.05) is 19.4 Å². The molecule has 5 aliphatic rings. The average Bonchev–Trinajstić information content (AvgIpc) is 3.46. The van der Waals surface area contributed by atoms with Crippen LogP contribution in [0.3, 0.4) is 0 Å². The Labute approximate surface area is 236 Å². The molecule has 39 heavy (non-hydrogen) atoms. The molecule has 5 rings (SSSR count). The lowest BCUT2D eigenvalue weighted by Gasteiger charge is -2.63. The van der Waals surface area contributed by atoms with E-state index < -0.39 is 23.8 Å². The molecule has 0 bridgehead atoms. The second-order valence-corrected chi connectivity index (χ2v) is 16.3. The predicted octanol–water partition coefficient (Wildman–Crippen LogP) is 5.50. The summed E-state index contributed by atoms with van der Waals surface area (Å²) in [6.45, 7) is 16.4. The number of esters is 1. The quantitative estimate of drug-likeness (QED) is 0.364. The van der Waals surface area contributed by atoms with Crippen LogP contribution in [0.2, 0.25) is 0 Å². The van der Waals surface area contributed by atoms with Crippen molar-refractivity contribution in [1.82, 2.24) is 0 Å².